The lowest BCUT2D eigenvalue weighted by atomic mass is 9.85. The Bertz CT molecular complexity index is 500. The van der Waals surface area contributed by atoms with Gasteiger partial charge in [0.2, 0.25) is 5.91 Å². The van der Waals surface area contributed by atoms with Crippen molar-refractivity contribution >= 4 is 23.5 Å². The van der Waals surface area contributed by atoms with Gasteiger partial charge in [-0.2, -0.15) is 0 Å². The van der Waals surface area contributed by atoms with Crippen molar-refractivity contribution < 1.29 is 14.7 Å². The summed E-state index contributed by atoms with van der Waals surface area (Å²) in [6.07, 6.45) is 0.166. The first kappa shape index (κ1) is 16.5. The van der Waals surface area contributed by atoms with Gasteiger partial charge in [-0.25, -0.2) is 0 Å². The van der Waals surface area contributed by atoms with E-state index in [0.717, 1.165) is 5.56 Å². The number of hydrogen-bond donors (Lipinski definition) is 1. The van der Waals surface area contributed by atoms with Crippen molar-refractivity contribution in [3.8, 4) is 0 Å². The molecule has 110 valence electrons. The molecule has 0 radical (unpaired) electrons. The lowest BCUT2D eigenvalue weighted by Crippen LogP contribution is -2.31. The first-order valence-electron chi connectivity index (χ1n) is 6.40. The van der Waals surface area contributed by atoms with Gasteiger partial charge in [0.15, 0.2) is 0 Å². The van der Waals surface area contributed by atoms with Crippen LogP contribution in [0.3, 0.4) is 0 Å². The van der Waals surface area contributed by atoms with Crippen LogP contribution in [0.2, 0.25) is 5.02 Å². The molecule has 1 aromatic rings. The van der Waals surface area contributed by atoms with Crippen molar-refractivity contribution in [3.05, 3.63) is 34.9 Å². The summed E-state index contributed by atoms with van der Waals surface area (Å²) in [5.41, 5.74) is 0.318. The fraction of sp³-hybridized carbons (Fsp3) is 0.467. The molecule has 0 aliphatic rings. The van der Waals surface area contributed by atoms with E-state index in [1.54, 1.807) is 31.9 Å². The molecule has 0 aliphatic carbocycles. The maximum Gasteiger partial charge on any atom is 0.303 e. The lowest BCUT2D eigenvalue weighted by molar-refractivity contribution is -0.140. The molecule has 1 amide bonds. The van der Waals surface area contributed by atoms with Crippen LogP contribution in [-0.2, 0) is 16.1 Å². The summed E-state index contributed by atoms with van der Waals surface area (Å²) in [6, 6.07) is 7.36. The third kappa shape index (κ3) is 5.21. The molecular weight excluding hydrogens is 278 g/mol. The highest BCUT2D eigenvalue weighted by Crippen LogP contribution is 2.26. The second-order valence-corrected chi connectivity index (χ2v) is 6.16. The molecule has 0 unspecified atom stereocenters. The van der Waals surface area contributed by atoms with E-state index in [9.17, 15) is 9.59 Å². The number of nitrogens with zero attached hydrogens (tertiary/aromatic N) is 1. The smallest absolute Gasteiger partial charge is 0.303 e. The Morgan fingerprint density at radius 1 is 1.25 bits per heavy atom. The monoisotopic (exact) mass is 297 g/mol. The van der Waals surface area contributed by atoms with E-state index >= 15 is 0 Å². The minimum atomic E-state index is -0.892. The summed E-state index contributed by atoms with van der Waals surface area (Å²) in [7, 11) is 1.70. The second kappa shape index (κ2) is 6.75. The molecule has 1 N–H and O–H groups in total. The molecule has 20 heavy (non-hydrogen) atoms. The van der Waals surface area contributed by atoms with E-state index in [4.69, 9.17) is 16.7 Å². The molecule has 5 heteroatoms. The molecular formula is C15H20ClNO3. The Kier molecular flexibility index (Phi) is 5.57. The minimum Gasteiger partial charge on any atom is -0.481 e. The van der Waals surface area contributed by atoms with E-state index in [2.05, 4.69) is 0 Å². The second-order valence-electron chi connectivity index (χ2n) is 5.75. The van der Waals surface area contributed by atoms with Gasteiger partial charge < -0.3 is 10.0 Å². The predicted molar refractivity (Wildman–Crippen MR) is 78.6 cm³/mol. The van der Waals surface area contributed by atoms with Gasteiger partial charge in [-0.3, -0.25) is 9.59 Å². The zero-order valence-corrected chi connectivity index (χ0v) is 12.8. The van der Waals surface area contributed by atoms with Crippen molar-refractivity contribution in [3.63, 3.8) is 0 Å². The highest BCUT2D eigenvalue weighted by molar-refractivity contribution is 6.31. The van der Waals surface area contributed by atoms with Gasteiger partial charge in [-0.15, -0.1) is 0 Å². The van der Waals surface area contributed by atoms with Crippen molar-refractivity contribution in [1.29, 1.82) is 0 Å². The molecule has 4 nitrogen and oxygen atoms in total. The van der Waals surface area contributed by atoms with Gasteiger partial charge in [0.05, 0.1) is 6.42 Å². The van der Waals surface area contributed by atoms with Crippen LogP contribution in [0.5, 0.6) is 0 Å². The number of carboxylic acids is 1. The molecule has 0 heterocycles. The lowest BCUT2D eigenvalue weighted by Gasteiger charge is -2.25. The van der Waals surface area contributed by atoms with Crippen LogP contribution in [0.1, 0.15) is 32.3 Å². The van der Waals surface area contributed by atoms with E-state index in [1.165, 1.54) is 0 Å². The van der Waals surface area contributed by atoms with Crippen molar-refractivity contribution in [1.82, 2.24) is 4.90 Å². The molecule has 0 saturated heterocycles. The topological polar surface area (TPSA) is 57.6 Å². The summed E-state index contributed by atoms with van der Waals surface area (Å²) in [6.45, 7) is 3.98. The third-order valence-corrected chi connectivity index (χ3v) is 3.42. The molecule has 1 aromatic carbocycles. The Morgan fingerprint density at radius 3 is 2.40 bits per heavy atom. The quantitative estimate of drug-likeness (QED) is 0.877. The van der Waals surface area contributed by atoms with Gasteiger partial charge in [0.25, 0.3) is 0 Å². The zero-order valence-electron chi connectivity index (χ0n) is 12.0. The van der Waals surface area contributed by atoms with Crippen LogP contribution in [0.25, 0.3) is 0 Å². The van der Waals surface area contributed by atoms with Crippen molar-refractivity contribution in [2.75, 3.05) is 7.05 Å². The third-order valence-electron chi connectivity index (χ3n) is 3.05. The predicted octanol–water partition coefficient (Wildman–Crippen LogP) is 3.19. The zero-order chi connectivity index (χ0) is 15.3. The number of carboxylic acid groups (broad SMARTS) is 1. The largest absolute Gasteiger partial charge is 0.481 e. The molecule has 1 rings (SSSR count). The van der Waals surface area contributed by atoms with E-state index in [1.807, 2.05) is 18.2 Å². The summed E-state index contributed by atoms with van der Waals surface area (Å²) >= 11 is 6.06. The standard InChI is InChI=1S/C15H20ClNO3/c1-15(2,9-14(19)20)8-13(18)17(3)10-11-6-4-5-7-12(11)16/h4-7H,8-10H2,1-3H3,(H,19,20). The Hall–Kier alpha value is -1.55. The number of carbonyl (C=O) groups excluding carboxylic acids is 1. The first-order valence-corrected chi connectivity index (χ1v) is 6.78. The molecule has 0 bridgehead atoms. The molecule has 0 atom stereocenters. The van der Waals surface area contributed by atoms with Crippen LogP contribution in [0.15, 0.2) is 24.3 Å². The van der Waals surface area contributed by atoms with E-state index in [0.29, 0.717) is 11.6 Å². The summed E-state index contributed by atoms with van der Waals surface area (Å²) in [5.74, 6) is -0.979. The average molecular weight is 298 g/mol. The Morgan fingerprint density at radius 2 is 1.85 bits per heavy atom. The molecule has 0 saturated carbocycles. The van der Waals surface area contributed by atoms with Crippen LogP contribution >= 0.6 is 11.6 Å². The van der Waals surface area contributed by atoms with Gasteiger partial charge >= 0.3 is 5.97 Å². The molecule has 0 spiro atoms. The molecule has 0 aliphatic heterocycles. The van der Waals surface area contributed by atoms with Crippen LogP contribution < -0.4 is 0 Å². The molecule has 0 aromatic heterocycles. The number of halogens is 1. The fourth-order valence-electron chi connectivity index (χ4n) is 1.99. The Balaban J connectivity index is 2.64. The number of rotatable bonds is 6. The summed E-state index contributed by atoms with van der Waals surface area (Å²) in [5, 5.41) is 9.45. The maximum atomic E-state index is 12.1. The molecule has 0 fully saturated rings. The van der Waals surface area contributed by atoms with E-state index in [-0.39, 0.29) is 18.7 Å². The van der Waals surface area contributed by atoms with Crippen molar-refractivity contribution in [2.24, 2.45) is 5.41 Å². The highest BCUT2D eigenvalue weighted by Gasteiger charge is 2.26. The highest BCUT2D eigenvalue weighted by atomic mass is 35.5. The van der Waals surface area contributed by atoms with Gasteiger partial charge in [0.1, 0.15) is 0 Å². The normalized spacial score (nSPS) is 11.2. The van der Waals surface area contributed by atoms with Crippen LogP contribution in [0.4, 0.5) is 0 Å². The van der Waals surface area contributed by atoms with E-state index < -0.39 is 11.4 Å². The Labute approximate surface area is 124 Å². The summed E-state index contributed by atoms with van der Waals surface area (Å²) < 4.78 is 0. The average Bonchev–Trinajstić information content (AvgIpc) is 2.29. The summed E-state index contributed by atoms with van der Waals surface area (Å²) in [4.78, 5) is 24.5. The first-order chi connectivity index (χ1) is 9.21. The number of hydrogen-bond acceptors (Lipinski definition) is 2. The fourth-order valence-corrected chi connectivity index (χ4v) is 2.18. The van der Waals surface area contributed by atoms with Gasteiger partial charge in [0, 0.05) is 25.0 Å². The minimum absolute atomic E-state index is 0.0291. The van der Waals surface area contributed by atoms with Gasteiger partial charge in [-0.1, -0.05) is 43.6 Å². The van der Waals surface area contributed by atoms with Crippen LogP contribution in [0, 0.1) is 5.41 Å². The number of carbonyl (C=O) groups is 2. The number of amides is 1. The maximum absolute atomic E-state index is 12.1. The van der Waals surface area contributed by atoms with Crippen LogP contribution in [-0.4, -0.2) is 28.9 Å². The van der Waals surface area contributed by atoms with Crippen molar-refractivity contribution in [2.45, 2.75) is 33.2 Å². The number of benzene rings is 1. The van der Waals surface area contributed by atoms with Gasteiger partial charge in [-0.05, 0) is 17.0 Å². The SMILES string of the molecule is CN(Cc1ccccc1Cl)C(=O)CC(C)(C)CC(=O)O. The number of aliphatic carboxylic acids is 1.